The number of benzene rings is 1. The van der Waals surface area contributed by atoms with E-state index in [0.717, 1.165) is 47.7 Å². The molecule has 5 nitrogen and oxygen atoms in total. The maximum Gasteiger partial charge on any atom is 0.340 e. The van der Waals surface area contributed by atoms with Crippen LogP contribution in [0, 0.1) is 12.8 Å². The Hall–Kier alpha value is -2.06. The molecule has 7 heteroatoms. The van der Waals surface area contributed by atoms with Crippen LogP contribution in [0.25, 0.3) is 6.08 Å². The predicted molar refractivity (Wildman–Crippen MR) is 171 cm³/mol. The Labute approximate surface area is 248 Å². The second-order valence-electron chi connectivity index (χ2n) is 12.5. The first-order chi connectivity index (χ1) is 18.7. The lowest BCUT2D eigenvalue weighted by Crippen LogP contribution is -2.41. The third-order valence-corrected chi connectivity index (χ3v) is 13.1. The molecular weight excluding hydrogens is 535 g/mol. The smallest absolute Gasteiger partial charge is 0.340 e. The second kappa shape index (κ2) is 15.8. The normalized spacial score (nSPS) is 15.6. The van der Waals surface area contributed by atoms with Crippen LogP contribution in [0.15, 0.2) is 52.9 Å². The number of carbonyl (C=O) groups excluding carboxylic acids is 1. The van der Waals surface area contributed by atoms with Gasteiger partial charge in [0.25, 0.3) is 0 Å². The van der Waals surface area contributed by atoms with Gasteiger partial charge in [-0.2, -0.15) is 0 Å². The van der Waals surface area contributed by atoms with Gasteiger partial charge in [0.2, 0.25) is 0 Å². The highest BCUT2D eigenvalue weighted by Crippen LogP contribution is 2.37. The predicted octanol–water partition coefficient (Wildman–Crippen LogP) is 9.32. The number of methoxy groups -OCH3 is 1. The summed E-state index contributed by atoms with van der Waals surface area (Å²) < 4.78 is 18.0. The highest BCUT2D eigenvalue weighted by Gasteiger charge is 2.37. The quantitative estimate of drug-likeness (QED) is 0.118. The van der Waals surface area contributed by atoms with E-state index in [1.807, 2.05) is 55.6 Å². The summed E-state index contributed by atoms with van der Waals surface area (Å²) in [4.78, 5) is 17.8. The summed E-state index contributed by atoms with van der Waals surface area (Å²) in [6.45, 7) is 20.8. The van der Waals surface area contributed by atoms with E-state index >= 15 is 0 Å². The number of rotatable bonds is 15. The fourth-order valence-electron chi connectivity index (χ4n) is 4.09. The maximum absolute atomic E-state index is 13.2. The van der Waals surface area contributed by atoms with Gasteiger partial charge < -0.3 is 13.9 Å². The standard InChI is InChI=1S/C33H51NO4SSi/c1-24(15-14-16-25(2)22-37-40(9,10)33(5,6)7)19-20-30(26(3)21-29-23-39-27(4)34-29)38-32(35)31(36-8)28-17-12-11-13-18-28/h11-13,17-19,21,23,25,30-31H,14-16,20,22H2,1-10H3/b24-19-,26-21+/t25-,30-,31+/m0/s1. The molecule has 0 N–H and O–H groups in total. The van der Waals surface area contributed by atoms with Crippen LogP contribution >= 0.6 is 11.3 Å². The SMILES string of the molecule is CO[C@@H](C(=O)O[C@@H](C/C=C(/C)CCC[C@H](C)CO[Si](C)(C)C(C)(C)C)/C(C)=C/c1csc(C)n1)c1ccccc1. The number of ether oxygens (including phenoxy) is 2. The molecule has 0 saturated heterocycles. The number of nitrogens with zero attached hydrogens (tertiary/aromatic N) is 1. The Morgan fingerprint density at radius 3 is 2.40 bits per heavy atom. The van der Waals surface area contributed by atoms with Gasteiger partial charge in [0.05, 0.1) is 10.7 Å². The van der Waals surface area contributed by atoms with Crippen molar-refractivity contribution in [3.63, 3.8) is 0 Å². The zero-order chi connectivity index (χ0) is 29.9. The van der Waals surface area contributed by atoms with E-state index in [1.54, 1.807) is 11.3 Å². The van der Waals surface area contributed by atoms with Crippen LogP contribution < -0.4 is 0 Å². The average Bonchev–Trinajstić information content (AvgIpc) is 3.29. The first-order valence-corrected chi connectivity index (χ1v) is 18.2. The van der Waals surface area contributed by atoms with Crippen LogP contribution in [-0.4, -0.2) is 39.1 Å². The minimum absolute atomic E-state index is 0.237. The molecule has 0 aliphatic heterocycles. The number of thiazole rings is 1. The number of carbonyl (C=O) groups is 1. The largest absolute Gasteiger partial charge is 0.455 e. The molecule has 40 heavy (non-hydrogen) atoms. The van der Waals surface area contributed by atoms with Crippen LogP contribution in [0.2, 0.25) is 18.1 Å². The van der Waals surface area contributed by atoms with Crippen LogP contribution in [-0.2, 0) is 18.7 Å². The van der Waals surface area contributed by atoms with E-state index in [2.05, 4.69) is 58.8 Å². The van der Waals surface area contributed by atoms with Crippen molar-refractivity contribution in [2.75, 3.05) is 13.7 Å². The molecule has 0 spiro atoms. The molecule has 0 fully saturated rings. The van der Waals surface area contributed by atoms with Crippen molar-refractivity contribution in [2.24, 2.45) is 5.92 Å². The lowest BCUT2D eigenvalue weighted by atomic mass is 10.00. The van der Waals surface area contributed by atoms with Crippen molar-refractivity contribution in [2.45, 2.75) is 104 Å². The molecule has 0 aliphatic carbocycles. The number of aryl methyl sites for hydroxylation is 1. The van der Waals surface area contributed by atoms with Gasteiger partial charge in [-0.25, -0.2) is 9.78 Å². The van der Waals surface area contributed by atoms with Gasteiger partial charge in [-0.1, -0.05) is 69.7 Å². The molecule has 0 radical (unpaired) electrons. The molecule has 2 rings (SSSR count). The van der Waals surface area contributed by atoms with Crippen molar-refractivity contribution < 1.29 is 18.7 Å². The van der Waals surface area contributed by atoms with E-state index < -0.39 is 20.5 Å². The summed E-state index contributed by atoms with van der Waals surface area (Å²) in [6.07, 6.45) is 6.93. The summed E-state index contributed by atoms with van der Waals surface area (Å²) in [7, 11) is -0.170. The summed E-state index contributed by atoms with van der Waals surface area (Å²) in [6, 6.07) is 9.48. The fraction of sp³-hybridized carbons (Fsp3) is 0.576. The van der Waals surface area contributed by atoms with Gasteiger partial charge in [-0.3, -0.25) is 0 Å². The van der Waals surface area contributed by atoms with Crippen molar-refractivity contribution in [1.29, 1.82) is 0 Å². The molecule has 1 aromatic heterocycles. The van der Waals surface area contributed by atoms with Gasteiger partial charge >= 0.3 is 5.97 Å². The molecule has 0 bridgehead atoms. The van der Waals surface area contributed by atoms with E-state index in [1.165, 1.54) is 12.7 Å². The highest BCUT2D eigenvalue weighted by molar-refractivity contribution is 7.09. The molecule has 222 valence electrons. The zero-order valence-electron chi connectivity index (χ0n) is 26.4. The first kappa shape index (κ1) is 34.1. The van der Waals surface area contributed by atoms with E-state index in [9.17, 15) is 4.79 Å². The van der Waals surface area contributed by atoms with Gasteiger partial charge in [-0.15, -0.1) is 11.3 Å². The van der Waals surface area contributed by atoms with Gasteiger partial charge in [0.15, 0.2) is 14.4 Å². The van der Waals surface area contributed by atoms with Crippen molar-refractivity contribution in [3.8, 4) is 0 Å². The number of hydrogen-bond donors (Lipinski definition) is 0. The molecule has 3 atom stereocenters. The topological polar surface area (TPSA) is 57.7 Å². The summed E-state index contributed by atoms with van der Waals surface area (Å²) in [5.74, 6) is 0.147. The summed E-state index contributed by atoms with van der Waals surface area (Å²) in [5, 5.41) is 3.27. The molecule has 0 aliphatic rings. The Morgan fingerprint density at radius 2 is 1.82 bits per heavy atom. The number of allylic oxidation sites excluding steroid dienone is 1. The third-order valence-electron chi connectivity index (χ3n) is 7.81. The molecule has 1 aromatic carbocycles. The lowest BCUT2D eigenvalue weighted by Gasteiger charge is -2.37. The van der Waals surface area contributed by atoms with Crippen molar-refractivity contribution in [3.05, 3.63) is 69.2 Å². The summed E-state index contributed by atoms with van der Waals surface area (Å²) in [5.41, 5.74) is 3.94. The number of aromatic nitrogens is 1. The Bertz CT molecular complexity index is 1120. The Balaban J connectivity index is 2.03. The molecule has 2 aromatic rings. The monoisotopic (exact) mass is 585 g/mol. The molecular formula is C33H51NO4SSi. The fourth-order valence-corrected chi connectivity index (χ4v) is 5.79. The Morgan fingerprint density at radius 1 is 1.15 bits per heavy atom. The summed E-state index contributed by atoms with van der Waals surface area (Å²) >= 11 is 1.61. The minimum Gasteiger partial charge on any atom is -0.455 e. The first-order valence-electron chi connectivity index (χ1n) is 14.4. The Kier molecular flexibility index (Phi) is 13.5. The molecule has 0 saturated carbocycles. The minimum atomic E-state index is -1.71. The van der Waals surface area contributed by atoms with Crippen LogP contribution in [0.3, 0.4) is 0 Å². The third kappa shape index (κ3) is 11.1. The van der Waals surface area contributed by atoms with E-state index in [0.29, 0.717) is 12.3 Å². The van der Waals surface area contributed by atoms with Crippen molar-refractivity contribution in [1.82, 2.24) is 4.98 Å². The number of esters is 1. The van der Waals surface area contributed by atoms with Crippen LogP contribution in [0.4, 0.5) is 0 Å². The lowest BCUT2D eigenvalue weighted by molar-refractivity contribution is -0.159. The highest BCUT2D eigenvalue weighted by atomic mass is 32.1. The van der Waals surface area contributed by atoms with Gasteiger partial charge in [-0.05, 0) is 81.3 Å². The average molecular weight is 586 g/mol. The molecule has 0 amide bonds. The second-order valence-corrected chi connectivity index (χ2v) is 18.4. The van der Waals surface area contributed by atoms with Gasteiger partial charge in [0, 0.05) is 25.5 Å². The van der Waals surface area contributed by atoms with Gasteiger partial charge in [0.1, 0.15) is 6.10 Å². The molecule has 1 heterocycles. The van der Waals surface area contributed by atoms with E-state index in [-0.39, 0.29) is 11.0 Å². The molecule has 0 unspecified atom stereocenters. The number of hydrogen-bond acceptors (Lipinski definition) is 6. The van der Waals surface area contributed by atoms with Crippen LogP contribution in [0.5, 0.6) is 0 Å². The van der Waals surface area contributed by atoms with E-state index in [4.69, 9.17) is 13.9 Å². The van der Waals surface area contributed by atoms with Crippen molar-refractivity contribution >= 4 is 31.7 Å². The van der Waals surface area contributed by atoms with Crippen LogP contribution in [0.1, 0.15) is 89.6 Å². The zero-order valence-corrected chi connectivity index (χ0v) is 28.2. The maximum atomic E-state index is 13.2.